The van der Waals surface area contributed by atoms with E-state index in [1.165, 1.54) is 7.11 Å². The zero-order chi connectivity index (χ0) is 10.8. The fourth-order valence-corrected chi connectivity index (χ4v) is 2.72. The number of quaternary nitrogens is 1. The van der Waals surface area contributed by atoms with Gasteiger partial charge in [0.05, 0.1) is 34.0 Å². The highest BCUT2D eigenvalue weighted by molar-refractivity contribution is 7.99. The van der Waals surface area contributed by atoms with Crippen molar-refractivity contribution in [3.8, 4) is 0 Å². The Morgan fingerprint density at radius 1 is 1.43 bits per heavy atom. The molecule has 2 unspecified atom stereocenters. The molecule has 0 aromatic rings. The molecular weight excluding hydrogens is 200 g/mol. The van der Waals surface area contributed by atoms with Crippen molar-refractivity contribution in [1.82, 2.24) is 5.32 Å². The molecule has 1 aliphatic rings. The normalized spacial score (nSPS) is 28.6. The molecule has 1 saturated heterocycles. The molecule has 0 spiro atoms. The summed E-state index contributed by atoms with van der Waals surface area (Å²) in [6.45, 7) is 0. The summed E-state index contributed by atoms with van der Waals surface area (Å²) >= 11 is 1.80. The molecule has 0 aliphatic carbocycles. The average molecular weight is 219 g/mol. The first-order valence-electron chi connectivity index (χ1n) is 4.68. The van der Waals surface area contributed by atoms with Crippen LogP contribution in [0.2, 0.25) is 0 Å². The van der Waals surface area contributed by atoms with E-state index >= 15 is 0 Å². The van der Waals surface area contributed by atoms with Crippen LogP contribution in [-0.2, 0) is 9.53 Å². The first-order chi connectivity index (χ1) is 6.45. The molecule has 14 heavy (non-hydrogen) atoms. The van der Waals surface area contributed by atoms with Crippen LogP contribution in [0.25, 0.3) is 0 Å². The predicted octanol–water partition coefficient (Wildman–Crippen LogP) is -0.103. The zero-order valence-electron chi connectivity index (χ0n) is 9.24. The maximum absolute atomic E-state index is 11.3. The second-order valence-corrected chi connectivity index (χ2v) is 5.49. The van der Waals surface area contributed by atoms with Crippen LogP contribution in [0.3, 0.4) is 0 Å². The lowest BCUT2D eigenvalue weighted by Crippen LogP contribution is -2.62. The molecule has 1 heterocycles. The summed E-state index contributed by atoms with van der Waals surface area (Å²) in [4.78, 5) is 11.3. The van der Waals surface area contributed by atoms with E-state index in [-0.39, 0.29) is 12.0 Å². The van der Waals surface area contributed by atoms with E-state index in [4.69, 9.17) is 4.74 Å². The molecule has 1 fully saturated rings. The standard InChI is InChI=1S/C9H19N2O2S/c1-11(2,3)8-6-14-5-7(10-8)9(12)13-4/h7-8,10H,5-6H2,1-4H3/q+1. The minimum absolute atomic E-state index is 0.152. The van der Waals surface area contributed by atoms with E-state index in [1.54, 1.807) is 11.8 Å². The van der Waals surface area contributed by atoms with Crippen LogP contribution >= 0.6 is 11.8 Å². The van der Waals surface area contributed by atoms with Gasteiger partial charge in [-0.1, -0.05) is 0 Å². The zero-order valence-corrected chi connectivity index (χ0v) is 10.1. The lowest BCUT2D eigenvalue weighted by atomic mass is 10.3. The molecule has 0 aromatic carbocycles. The van der Waals surface area contributed by atoms with Crippen LogP contribution in [-0.4, -0.2) is 62.4 Å². The Morgan fingerprint density at radius 2 is 2.07 bits per heavy atom. The van der Waals surface area contributed by atoms with Crippen molar-refractivity contribution in [3.63, 3.8) is 0 Å². The molecule has 2 atom stereocenters. The van der Waals surface area contributed by atoms with E-state index in [1.807, 2.05) is 0 Å². The number of methoxy groups -OCH3 is 1. The third kappa shape index (κ3) is 2.87. The fraction of sp³-hybridized carbons (Fsp3) is 0.889. The number of nitrogens with zero attached hydrogens (tertiary/aromatic N) is 1. The Kier molecular flexibility index (Phi) is 3.80. The van der Waals surface area contributed by atoms with Crippen molar-refractivity contribution in [3.05, 3.63) is 0 Å². The Balaban J connectivity index is 2.56. The number of ether oxygens (including phenoxy) is 1. The smallest absolute Gasteiger partial charge is 0.323 e. The lowest BCUT2D eigenvalue weighted by molar-refractivity contribution is -0.896. The van der Waals surface area contributed by atoms with E-state index in [9.17, 15) is 4.79 Å². The van der Waals surface area contributed by atoms with Gasteiger partial charge in [-0.25, -0.2) is 0 Å². The monoisotopic (exact) mass is 219 g/mol. The number of carbonyl (C=O) groups is 1. The Labute approximate surface area is 89.6 Å². The van der Waals surface area contributed by atoms with Crippen molar-refractivity contribution in [2.45, 2.75) is 12.2 Å². The number of nitrogens with one attached hydrogen (secondary N) is 1. The third-order valence-corrected chi connectivity index (χ3v) is 3.50. The summed E-state index contributed by atoms with van der Waals surface area (Å²) in [6, 6.07) is -0.152. The quantitative estimate of drug-likeness (QED) is 0.520. The number of esters is 1. The molecule has 5 heteroatoms. The van der Waals surface area contributed by atoms with Crippen molar-refractivity contribution in [2.75, 3.05) is 39.8 Å². The molecule has 1 N–H and O–H groups in total. The SMILES string of the molecule is COC(=O)C1CSCC([N+](C)(C)C)N1. The highest BCUT2D eigenvalue weighted by Gasteiger charge is 2.34. The summed E-state index contributed by atoms with van der Waals surface area (Å²) in [5, 5.41) is 3.32. The van der Waals surface area contributed by atoms with E-state index in [2.05, 4.69) is 26.5 Å². The average Bonchev–Trinajstić information content (AvgIpc) is 2.15. The largest absolute Gasteiger partial charge is 0.468 e. The van der Waals surface area contributed by atoms with Crippen molar-refractivity contribution in [2.24, 2.45) is 0 Å². The first-order valence-corrected chi connectivity index (χ1v) is 5.83. The lowest BCUT2D eigenvalue weighted by Gasteiger charge is -2.39. The summed E-state index contributed by atoms with van der Waals surface area (Å²) < 4.78 is 5.55. The maximum Gasteiger partial charge on any atom is 0.323 e. The van der Waals surface area contributed by atoms with Gasteiger partial charge in [0.25, 0.3) is 0 Å². The molecule has 0 bridgehead atoms. The van der Waals surface area contributed by atoms with Gasteiger partial charge in [0.1, 0.15) is 6.04 Å². The fourth-order valence-electron chi connectivity index (χ4n) is 1.35. The van der Waals surface area contributed by atoms with Crippen LogP contribution in [0.4, 0.5) is 0 Å². The Hall–Kier alpha value is -0.260. The molecule has 0 radical (unpaired) electrons. The van der Waals surface area contributed by atoms with Crippen LogP contribution in [0.5, 0.6) is 0 Å². The number of carbonyl (C=O) groups excluding carboxylic acids is 1. The van der Waals surface area contributed by atoms with E-state index in [0.717, 1.165) is 16.0 Å². The molecule has 0 saturated carbocycles. The molecule has 0 aromatic heterocycles. The Bertz CT molecular complexity index is 215. The minimum Gasteiger partial charge on any atom is -0.468 e. The Morgan fingerprint density at radius 3 is 2.57 bits per heavy atom. The van der Waals surface area contributed by atoms with Crippen molar-refractivity contribution >= 4 is 17.7 Å². The number of rotatable bonds is 2. The van der Waals surface area contributed by atoms with Crippen LogP contribution in [0.1, 0.15) is 0 Å². The van der Waals surface area contributed by atoms with Crippen LogP contribution < -0.4 is 5.32 Å². The number of thioether (sulfide) groups is 1. The third-order valence-electron chi connectivity index (χ3n) is 2.37. The maximum atomic E-state index is 11.3. The van der Waals surface area contributed by atoms with Gasteiger partial charge in [-0.2, -0.15) is 11.8 Å². The topological polar surface area (TPSA) is 38.3 Å². The predicted molar refractivity (Wildman–Crippen MR) is 58.1 cm³/mol. The molecule has 4 nitrogen and oxygen atoms in total. The van der Waals surface area contributed by atoms with Gasteiger partial charge in [-0.3, -0.25) is 10.1 Å². The molecule has 1 rings (SSSR count). The van der Waals surface area contributed by atoms with E-state index in [0.29, 0.717) is 6.17 Å². The van der Waals surface area contributed by atoms with Crippen LogP contribution in [0, 0.1) is 0 Å². The summed E-state index contributed by atoms with van der Waals surface area (Å²) in [5.41, 5.74) is 0. The van der Waals surface area contributed by atoms with Gasteiger partial charge in [0.15, 0.2) is 6.17 Å². The van der Waals surface area contributed by atoms with Gasteiger partial charge < -0.3 is 9.22 Å². The van der Waals surface area contributed by atoms with Gasteiger partial charge in [-0.05, 0) is 0 Å². The molecular formula is C9H19N2O2S+. The minimum atomic E-state index is -0.157. The number of hydrogen-bond acceptors (Lipinski definition) is 4. The van der Waals surface area contributed by atoms with Gasteiger partial charge in [0, 0.05) is 5.75 Å². The number of hydrogen-bond donors (Lipinski definition) is 1. The summed E-state index contributed by atoms with van der Waals surface area (Å²) in [5.74, 6) is 1.69. The second-order valence-electron chi connectivity index (χ2n) is 4.41. The van der Waals surface area contributed by atoms with Gasteiger partial charge in [-0.15, -0.1) is 0 Å². The molecule has 0 amide bonds. The highest BCUT2D eigenvalue weighted by Crippen LogP contribution is 2.17. The molecule has 1 aliphatic heterocycles. The summed E-state index contributed by atoms with van der Waals surface area (Å²) in [6.07, 6.45) is 0.317. The van der Waals surface area contributed by atoms with Crippen molar-refractivity contribution < 1.29 is 14.0 Å². The van der Waals surface area contributed by atoms with Crippen LogP contribution in [0.15, 0.2) is 0 Å². The summed E-state index contributed by atoms with van der Waals surface area (Å²) in [7, 11) is 7.80. The van der Waals surface area contributed by atoms with Gasteiger partial charge in [0.2, 0.25) is 0 Å². The second kappa shape index (κ2) is 4.51. The van der Waals surface area contributed by atoms with Gasteiger partial charge >= 0.3 is 5.97 Å². The van der Waals surface area contributed by atoms with Crippen molar-refractivity contribution in [1.29, 1.82) is 0 Å². The first kappa shape index (κ1) is 11.8. The molecule has 82 valence electrons. The highest BCUT2D eigenvalue weighted by atomic mass is 32.2. The van der Waals surface area contributed by atoms with E-state index < -0.39 is 0 Å².